The van der Waals surface area contributed by atoms with Crippen LogP contribution in [0, 0.1) is 0 Å². The van der Waals surface area contributed by atoms with Crippen LogP contribution in [0.3, 0.4) is 0 Å². The molecule has 0 rings (SSSR count). The summed E-state index contributed by atoms with van der Waals surface area (Å²) in [4.78, 5) is 32.9. The van der Waals surface area contributed by atoms with Crippen LogP contribution >= 0.6 is 0 Å². The Morgan fingerprint density at radius 3 is 2.29 bits per heavy atom. The topological polar surface area (TPSA) is 125 Å². The molecule has 8 heteroatoms. The molecule has 0 saturated carbocycles. The number of nitrogens with one attached hydrogen (secondary N) is 2. The molecule has 0 heterocycles. The lowest BCUT2D eigenvalue weighted by Gasteiger charge is -2.16. The van der Waals surface area contributed by atoms with E-state index in [1.165, 1.54) is 6.92 Å². The maximum Gasteiger partial charge on any atom is 0.328 e. The van der Waals surface area contributed by atoms with Crippen LogP contribution < -0.4 is 10.6 Å². The van der Waals surface area contributed by atoms with E-state index in [9.17, 15) is 14.4 Å². The number of aliphatic hydroxyl groups excluding tert-OH is 1. The van der Waals surface area contributed by atoms with Crippen LogP contribution in [0.4, 0.5) is 4.79 Å². The van der Waals surface area contributed by atoms with Crippen LogP contribution in [0.25, 0.3) is 0 Å². The second-order valence-corrected chi connectivity index (χ2v) is 3.16. The second kappa shape index (κ2) is 7.44. The average Bonchev–Trinajstić information content (AvgIpc) is 2.25. The Morgan fingerprint density at radius 2 is 1.88 bits per heavy atom. The van der Waals surface area contributed by atoms with Gasteiger partial charge in [0.15, 0.2) is 6.04 Å². The van der Waals surface area contributed by atoms with Crippen LogP contribution in [-0.4, -0.2) is 53.5 Å². The molecule has 0 saturated heterocycles. The predicted molar refractivity (Wildman–Crippen MR) is 56.3 cm³/mol. The first-order chi connectivity index (χ1) is 7.92. The van der Waals surface area contributed by atoms with Crippen molar-refractivity contribution in [2.45, 2.75) is 25.9 Å². The molecule has 0 aliphatic heterocycles. The SMILES string of the molecule is CCOC(=O)C(C)NC(=O)N[C@H](CO)C(=O)O. The van der Waals surface area contributed by atoms with Gasteiger partial charge in [0.05, 0.1) is 13.2 Å². The van der Waals surface area contributed by atoms with Crippen molar-refractivity contribution in [2.24, 2.45) is 0 Å². The molecule has 0 spiro atoms. The smallest absolute Gasteiger partial charge is 0.328 e. The summed E-state index contributed by atoms with van der Waals surface area (Å²) in [5.74, 6) is -2.00. The first kappa shape index (κ1) is 15.2. The first-order valence-corrected chi connectivity index (χ1v) is 4.99. The lowest BCUT2D eigenvalue weighted by Crippen LogP contribution is -2.51. The van der Waals surface area contributed by atoms with Crippen molar-refractivity contribution in [1.29, 1.82) is 0 Å². The molecule has 17 heavy (non-hydrogen) atoms. The van der Waals surface area contributed by atoms with Crippen molar-refractivity contribution >= 4 is 18.0 Å². The van der Waals surface area contributed by atoms with Gasteiger partial charge in [-0.2, -0.15) is 0 Å². The second-order valence-electron chi connectivity index (χ2n) is 3.16. The summed E-state index contributed by atoms with van der Waals surface area (Å²) < 4.78 is 4.64. The molecular weight excluding hydrogens is 232 g/mol. The van der Waals surface area contributed by atoms with Gasteiger partial charge >= 0.3 is 18.0 Å². The molecule has 98 valence electrons. The summed E-state index contributed by atoms with van der Waals surface area (Å²) in [6, 6.07) is -3.18. The van der Waals surface area contributed by atoms with E-state index in [0.717, 1.165) is 0 Å². The number of hydrogen-bond acceptors (Lipinski definition) is 5. The van der Waals surface area contributed by atoms with E-state index in [2.05, 4.69) is 10.1 Å². The highest BCUT2D eigenvalue weighted by Gasteiger charge is 2.21. The zero-order chi connectivity index (χ0) is 13.4. The monoisotopic (exact) mass is 248 g/mol. The molecule has 0 aromatic carbocycles. The molecule has 4 N–H and O–H groups in total. The Morgan fingerprint density at radius 1 is 1.29 bits per heavy atom. The summed E-state index contributed by atoms with van der Waals surface area (Å²) in [5, 5.41) is 21.4. The van der Waals surface area contributed by atoms with Gasteiger partial charge in [-0.25, -0.2) is 14.4 Å². The van der Waals surface area contributed by atoms with Gasteiger partial charge in [-0.1, -0.05) is 0 Å². The Balaban J connectivity index is 4.17. The number of aliphatic carboxylic acids is 1. The largest absolute Gasteiger partial charge is 0.480 e. The van der Waals surface area contributed by atoms with Crippen LogP contribution in [0.1, 0.15) is 13.8 Å². The fraction of sp³-hybridized carbons (Fsp3) is 0.667. The van der Waals surface area contributed by atoms with Crippen LogP contribution in [-0.2, 0) is 14.3 Å². The lowest BCUT2D eigenvalue weighted by atomic mass is 10.3. The minimum atomic E-state index is -1.41. The summed E-state index contributed by atoms with van der Waals surface area (Å²) in [6.07, 6.45) is 0. The van der Waals surface area contributed by atoms with Crippen LogP contribution in [0.15, 0.2) is 0 Å². The maximum atomic E-state index is 11.2. The molecule has 0 aliphatic rings. The van der Waals surface area contributed by atoms with Gasteiger partial charge in [0.1, 0.15) is 6.04 Å². The number of ether oxygens (including phenoxy) is 1. The zero-order valence-electron chi connectivity index (χ0n) is 9.60. The number of aliphatic hydroxyl groups is 1. The predicted octanol–water partition coefficient (Wildman–Crippen LogP) is -1.32. The van der Waals surface area contributed by atoms with Gasteiger partial charge in [0, 0.05) is 0 Å². The minimum Gasteiger partial charge on any atom is -0.480 e. The Kier molecular flexibility index (Phi) is 6.64. The average molecular weight is 248 g/mol. The highest BCUT2D eigenvalue weighted by Crippen LogP contribution is 1.89. The lowest BCUT2D eigenvalue weighted by molar-refractivity contribution is -0.144. The Bertz CT molecular complexity index is 293. The van der Waals surface area contributed by atoms with Crippen molar-refractivity contribution < 1.29 is 29.3 Å². The van der Waals surface area contributed by atoms with Gasteiger partial charge in [-0.05, 0) is 13.8 Å². The third-order valence-corrected chi connectivity index (χ3v) is 1.77. The third kappa shape index (κ3) is 5.71. The number of carboxylic acids is 1. The van der Waals surface area contributed by atoms with Crippen molar-refractivity contribution in [2.75, 3.05) is 13.2 Å². The highest BCUT2D eigenvalue weighted by atomic mass is 16.5. The van der Waals surface area contributed by atoms with Gasteiger partial charge in [-0.15, -0.1) is 0 Å². The number of hydrogen-bond donors (Lipinski definition) is 4. The van der Waals surface area contributed by atoms with E-state index in [-0.39, 0.29) is 6.61 Å². The number of amides is 2. The van der Waals surface area contributed by atoms with Crippen molar-refractivity contribution in [1.82, 2.24) is 10.6 Å². The molecule has 0 bridgehead atoms. The highest BCUT2D eigenvalue weighted by molar-refractivity contribution is 5.86. The summed E-state index contributed by atoms with van der Waals surface area (Å²) >= 11 is 0. The van der Waals surface area contributed by atoms with Crippen LogP contribution in [0.2, 0.25) is 0 Å². The number of urea groups is 1. The normalized spacial score (nSPS) is 13.4. The molecule has 0 aliphatic carbocycles. The number of esters is 1. The van der Waals surface area contributed by atoms with Crippen molar-refractivity contribution in [3.8, 4) is 0 Å². The van der Waals surface area contributed by atoms with Gasteiger partial charge < -0.3 is 25.6 Å². The van der Waals surface area contributed by atoms with E-state index in [0.29, 0.717) is 0 Å². The van der Waals surface area contributed by atoms with Crippen molar-refractivity contribution in [3.63, 3.8) is 0 Å². The van der Waals surface area contributed by atoms with Crippen LogP contribution in [0.5, 0.6) is 0 Å². The Hall–Kier alpha value is -1.83. The van der Waals surface area contributed by atoms with E-state index in [1.807, 2.05) is 5.32 Å². The Labute approximate surface area is 97.9 Å². The molecule has 0 aromatic rings. The van der Waals surface area contributed by atoms with Gasteiger partial charge in [-0.3, -0.25) is 0 Å². The third-order valence-electron chi connectivity index (χ3n) is 1.77. The van der Waals surface area contributed by atoms with Crippen molar-refractivity contribution in [3.05, 3.63) is 0 Å². The molecule has 0 radical (unpaired) electrons. The van der Waals surface area contributed by atoms with E-state index in [4.69, 9.17) is 10.2 Å². The maximum absolute atomic E-state index is 11.2. The summed E-state index contributed by atoms with van der Waals surface area (Å²) in [5.41, 5.74) is 0. The molecule has 2 atom stereocenters. The molecule has 8 nitrogen and oxygen atoms in total. The molecule has 0 fully saturated rings. The number of carboxylic acid groups (broad SMARTS) is 1. The quantitative estimate of drug-likeness (QED) is 0.432. The fourth-order valence-corrected chi connectivity index (χ4v) is 0.908. The van der Waals surface area contributed by atoms with E-state index in [1.54, 1.807) is 6.92 Å². The van der Waals surface area contributed by atoms with E-state index < -0.39 is 36.7 Å². The van der Waals surface area contributed by atoms with E-state index >= 15 is 0 Å². The number of rotatable bonds is 6. The molecule has 2 amide bonds. The standard InChI is InChI=1S/C9H16N2O6/c1-3-17-8(15)5(2)10-9(16)11-6(4-12)7(13)14/h5-6,12H,3-4H2,1-2H3,(H,13,14)(H2,10,11,16)/t5?,6-/m1/s1. The minimum absolute atomic E-state index is 0.181. The summed E-state index contributed by atoms with van der Waals surface area (Å²) in [7, 11) is 0. The fourth-order valence-electron chi connectivity index (χ4n) is 0.908. The molecular formula is C9H16N2O6. The number of carbonyl (C=O) groups excluding carboxylic acids is 2. The first-order valence-electron chi connectivity index (χ1n) is 4.99. The zero-order valence-corrected chi connectivity index (χ0v) is 9.60. The molecule has 0 aromatic heterocycles. The van der Waals surface area contributed by atoms with Gasteiger partial charge in [0.2, 0.25) is 0 Å². The number of carbonyl (C=O) groups is 3. The molecule has 1 unspecified atom stereocenters. The summed E-state index contributed by atoms with van der Waals surface area (Å²) in [6.45, 7) is 2.46. The van der Waals surface area contributed by atoms with Gasteiger partial charge in [0.25, 0.3) is 0 Å².